The topological polar surface area (TPSA) is 161 Å². The van der Waals surface area contributed by atoms with Crippen molar-refractivity contribution in [1.82, 2.24) is 34.1 Å². The molecule has 0 saturated heterocycles. The minimum atomic E-state index is -3.49. The van der Waals surface area contributed by atoms with Crippen LogP contribution in [0.5, 0.6) is 0 Å². The number of aliphatic hydroxyl groups is 1. The van der Waals surface area contributed by atoms with Gasteiger partial charge >= 0.3 is 0 Å². The van der Waals surface area contributed by atoms with Crippen LogP contribution in [0.15, 0.2) is 49.3 Å². The highest BCUT2D eigenvalue weighted by Gasteiger charge is 2.38. The largest absolute Gasteiger partial charge is 0.390 e. The fourth-order valence-corrected chi connectivity index (χ4v) is 6.72. The van der Waals surface area contributed by atoms with E-state index in [1.807, 2.05) is 19.9 Å². The van der Waals surface area contributed by atoms with E-state index in [-0.39, 0.29) is 17.2 Å². The van der Waals surface area contributed by atoms with E-state index in [0.717, 1.165) is 41.7 Å². The Morgan fingerprint density at radius 3 is 2.45 bits per heavy atom. The number of halogens is 1. The van der Waals surface area contributed by atoms with Crippen LogP contribution in [0, 0.1) is 11.9 Å². The predicted octanol–water partition coefficient (Wildman–Crippen LogP) is 4.16. The standard InChI is InChI=1S/C28H32FN9O3S/c1-28(2,39)18-3-5-19(6-4-18)35-22-11-26(33-13-21(22)23-14-32-24(29)15-31-23)36-25-9-10-30-27(37-25)17-12-34-38(16-17)42(40,41)20-7-8-20/h9-16,18-20,39H,3-8H2,1-2H3,(H2,30,33,35,36,37). The molecule has 0 aliphatic heterocycles. The molecule has 220 valence electrons. The second kappa shape index (κ2) is 11.0. The molecule has 3 N–H and O–H groups in total. The summed E-state index contributed by atoms with van der Waals surface area (Å²) in [6.45, 7) is 3.72. The monoisotopic (exact) mass is 593 g/mol. The second-order valence-corrected chi connectivity index (χ2v) is 13.5. The molecule has 2 saturated carbocycles. The van der Waals surface area contributed by atoms with Crippen LogP contribution in [-0.4, -0.2) is 64.5 Å². The number of hydrogen-bond acceptors (Lipinski definition) is 11. The van der Waals surface area contributed by atoms with Crippen molar-refractivity contribution in [2.75, 3.05) is 10.6 Å². The molecule has 0 aromatic carbocycles. The van der Waals surface area contributed by atoms with Gasteiger partial charge in [0.2, 0.25) is 5.95 Å². The average molecular weight is 594 g/mol. The van der Waals surface area contributed by atoms with E-state index < -0.39 is 21.6 Å². The Labute approximate surface area is 242 Å². The maximum atomic E-state index is 13.5. The molecular weight excluding hydrogens is 561 g/mol. The quantitative estimate of drug-likeness (QED) is 0.256. The van der Waals surface area contributed by atoms with Crippen molar-refractivity contribution >= 4 is 27.3 Å². The molecule has 0 amide bonds. The van der Waals surface area contributed by atoms with Crippen LogP contribution in [0.3, 0.4) is 0 Å². The van der Waals surface area contributed by atoms with E-state index in [1.54, 1.807) is 18.5 Å². The first-order valence-electron chi connectivity index (χ1n) is 13.9. The van der Waals surface area contributed by atoms with E-state index in [4.69, 9.17) is 0 Å². The lowest BCUT2D eigenvalue weighted by atomic mass is 9.77. The van der Waals surface area contributed by atoms with Gasteiger partial charge in [0.15, 0.2) is 5.82 Å². The maximum Gasteiger partial charge on any atom is 0.256 e. The van der Waals surface area contributed by atoms with Crippen molar-refractivity contribution in [3.05, 3.63) is 55.3 Å². The van der Waals surface area contributed by atoms with Crippen LogP contribution in [-0.2, 0) is 10.0 Å². The van der Waals surface area contributed by atoms with Gasteiger partial charge in [0, 0.05) is 35.8 Å². The fraction of sp³-hybridized carbons (Fsp3) is 0.429. The molecule has 12 nitrogen and oxygen atoms in total. The summed E-state index contributed by atoms with van der Waals surface area (Å²) in [5.41, 5.74) is 1.66. The normalized spacial score (nSPS) is 19.4. The first-order chi connectivity index (χ1) is 20.1. The number of nitrogens with one attached hydrogen (secondary N) is 2. The highest BCUT2D eigenvalue weighted by atomic mass is 32.2. The fourth-order valence-electron chi connectivity index (χ4n) is 5.24. The van der Waals surface area contributed by atoms with Gasteiger partial charge in [0.25, 0.3) is 10.0 Å². The third-order valence-electron chi connectivity index (χ3n) is 7.82. The van der Waals surface area contributed by atoms with Gasteiger partial charge in [-0.15, -0.1) is 0 Å². The minimum Gasteiger partial charge on any atom is -0.390 e. The Bertz CT molecular complexity index is 1680. The van der Waals surface area contributed by atoms with E-state index in [0.29, 0.717) is 47.1 Å². The summed E-state index contributed by atoms with van der Waals surface area (Å²) in [6.07, 6.45) is 13.4. The van der Waals surface area contributed by atoms with Crippen LogP contribution in [0.1, 0.15) is 52.4 Å². The minimum absolute atomic E-state index is 0.167. The van der Waals surface area contributed by atoms with Gasteiger partial charge in [0.1, 0.15) is 11.6 Å². The Kier molecular flexibility index (Phi) is 7.35. The van der Waals surface area contributed by atoms with Gasteiger partial charge < -0.3 is 15.7 Å². The molecular formula is C28H32FN9O3S. The number of aromatic nitrogens is 7. The molecule has 0 spiro atoms. The van der Waals surface area contributed by atoms with Crippen LogP contribution in [0.25, 0.3) is 22.6 Å². The van der Waals surface area contributed by atoms with Gasteiger partial charge in [-0.25, -0.2) is 33.3 Å². The van der Waals surface area contributed by atoms with Crippen LogP contribution in [0.2, 0.25) is 0 Å². The van der Waals surface area contributed by atoms with Crippen molar-refractivity contribution in [2.24, 2.45) is 5.92 Å². The summed E-state index contributed by atoms with van der Waals surface area (Å²) < 4.78 is 39.5. The van der Waals surface area contributed by atoms with Crippen molar-refractivity contribution in [2.45, 2.75) is 69.3 Å². The molecule has 0 unspecified atom stereocenters. The molecule has 14 heteroatoms. The summed E-state index contributed by atoms with van der Waals surface area (Å²) in [6, 6.07) is 3.69. The Hall–Kier alpha value is -4.04. The summed E-state index contributed by atoms with van der Waals surface area (Å²) >= 11 is 0. The Balaban J connectivity index is 1.24. The molecule has 2 aliphatic carbocycles. The zero-order valence-corrected chi connectivity index (χ0v) is 24.1. The third-order valence-corrected chi connectivity index (χ3v) is 9.86. The summed E-state index contributed by atoms with van der Waals surface area (Å²) in [7, 11) is -3.49. The molecule has 6 rings (SSSR count). The van der Waals surface area contributed by atoms with Gasteiger partial charge in [0.05, 0.1) is 46.9 Å². The van der Waals surface area contributed by atoms with Crippen molar-refractivity contribution in [3.8, 4) is 22.6 Å². The maximum absolute atomic E-state index is 13.5. The van der Waals surface area contributed by atoms with E-state index in [2.05, 4.69) is 40.7 Å². The molecule has 0 atom stereocenters. The second-order valence-electron chi connectivity index (χ2n) is 11.4. The molecule has 42 heavy (non-hydrogen) atoms. The van der Waals surface area contributed by atoms with Crippen LogP contribution in [0.4, 0.5) is 21.7 Å². The molecule has 4 aromatic heterocycles. The summed E-state index contributed by atoms with van der Waals surface area (Å²) in [5.74, 6) is 0.840. The summed E-state index contributed by atoms with van der Waals surface area (Å²) in [5, 5.41) is 20.9. The molecule has 0 bridgehead atoms. The highest BCUT2D eigenvalue weighted by molar-refractivity contribution is 7.90. The van der Waals surface area contributed by atoms with E-state index in [9.17, 15) is 17.9 Å². The first-order valence-corrected chi connectivity index (χ1v) is 15.4. The lowest BCUT2D eigenvalue weighted by Gasteiger charge is -2.36. The lowest BCUT2D eigenvalue weighted by molar-refractivity contribution is -0.000391. The SMILES string of the molecule is CC(C)(O)C1CCC(Nc2cc(Nc3ccnc(-c4cnn(S(=O)(=O)C5CC5)c4)n3)ncc2-c2cnc(F)cn2)CC1. The van der Waals surface area contributed by atoms with Crippen LogP contribution >= 0.6 is 0 Å². The number of pyridine rings is 1. The Morgan fingerprint density at radius 1 is 0.976 bits per heavy atom. The molecule has 4 aromatic rings. The van der Waals surface area contributed by atoms with Gasteiger partial charge in [-0.2, -0.15) is 13.6 Å². The number of hydrogen-bond donors (Lipinski definition) is 3. The molecule has 0 radical (unpaired) electrons. The van der Waals surface area contributed by atoms with Crippen LogP contribution < -0.4 is 10.6 Å². The smallest absolute Gasteiger partial charge is 0.256 e. The summed E-state index contributed by atoms with van der Waals surface area (Å²) in [4.78, 5) is 21.3. The van der Waals surface area contributed by atoms with Crippen molar-refractivity contribution in [3.63, 3.8) is 0 Å². The van der Waals surface area contributed by atoms with Gasteiger partial charge in [-0.1, -0.05) is 0 Å². The average Bonchev–Trinajstić information content (AvgIpc) is 3.71. The zero-order chi connectivity index (χ0) is 29.5. The molecule has 2 aliphatic rings. The highest BCUT2D eigenvalue weighted by Crippen LogP contribution is 2.36. The van der Waals surface area contributed by atoms with Gasteiger partial charge in [-0.05, 0) is 64.4 Å². The number of nitrogens with zero attached hydrogens (tertiary/aromatic N) is 7. The van der Waals surface area contributed by atoms with Crippen molar-refractivity contribution < 1.29 is 17.9 Å². The number of anilines is 3. The third kappa shape index (κ3) is 6.09. The zero-order valence-electron chi connectivity index (χ0n) is 23.3. The Morgan fingerprint density at radius 2 is 1.76 bits per heavy atom. The van der Waals surface area contributed by atoms with E-state index >= 15 is 0 Å². The first kappa shape index (κ1) is 28.1. The molecule has 2 fully saturated rings. The lowest BCUT2D eigenvalue weighted by Crippen LogP contribution is -2.37. The predicted molar refractivity (Wildman–Crippen MR) is 155 cm³/mol. The van der Waals surface area contributed by atoms with Crippen molar-refractivity contribution in [1.29, 1.82) is 0 Å². The van der Waals surface area contributed by atoms with E-state index in [1.165, 1.54) is 18.6 Å². The molecule has 4 heterocycles. The van der Waals surface area contributed by atoms with Gasteiger partial charge in [-0.3, -0.25) is 0 Å². The number of rotatable bonds is 9.